The quantitative estimate of drug-likeness (QED) is 0.761. The fraction of sp³-hybridized carbons (Fsp3) is 0.737. The maximum atomic E-state index is 12.7. The molecule has 2 heterocycles. The summed E-state index contributed by atoms with van der Waals surface area (Å²) in [5.41, 5.74) is 0.306. The second kappa shape index (κ2) is 8.65. The maximum absolute atomic E-state index is 12.7. The highest BCUT2D eigenvalue weighted by atomic mass is 32.2. The van der Waals surface area contributed by atoms with Crippen LogP contribution in [0.3, 0.4) is 0 Å². The van der Waals surface area contributed by atoms with Crippen LogP contribution in [-0.2, 0) is 19.7 Å². The summed E-state index contributed by atoms with van der Waals surface area (Å²) in [4.78, 5) is 25.9. The van der Waals surface area contributed by atoms with Crippen molar-refractivity contribution in [3.63, 3.8) is 0 Å². The molecule has 0 atom stereocenters. The van der Waals surface area contributed by atoms with Crippen LogP contribution >= 0.6 is 11.8 Å². The third-order valence-corrected chi connectivity index (χ3v) is 6.37. The van der Waals surface area contributed by atoms with Crippen LogP contribution in [0.4, 0.5) is 5.88 Å². The van der Waals surface area contributed by atoms with E-state index in [4.69, 9.17) is 9.26 Å². The lowest BCUT2D eigenvalue weighted by Gasteiger charge is -2.30. The van der Waals surface area contributed by atoms with E-state index in [0.717, 1.165) is 26.1 Å². The number of carbonyl (C=O) groups is 2. The van der Waals surface area contributed by atoms with Crippen LogP contribution in [0.25, 0.3) is 0 Å². The number of hydrogen-bond acceptors (Lipinski definition) is 6. The van der Waals surface area contributed by atoms with Gasteiger partial charge in [0.25, 0.3) is 0 Å². The number of amides is 2. The minimum absolute atomic E-state index is 0.00742. The minimum atomic E-state index is -0.584. The summed E-state index contributed by atoms with van der Waals surface area (Å²) in [6.45, 7) is 11.4. The number of ether oxygens (including phenoxy) is 1. The molecule has 1 aliphatic rings. The monoisotopic (exact) mass is 397 g/mol. The van der Waals surface area contributed by atoms with Crippen molar-refractivity contribution in [2.45, 2.75) is 62.9 Å². The van der Waals surface area contributed by atoms with Crippen LogP contribution < -0.4 is 5.32 Å². The molecule has 0 aromatic carbocycles. The zero-order valence-electron chi connectivity index (χ0n) is 17.1. The van der Waals surface area contributed by atoms with E-state index in [1.807, 2.05) is 27.7 Å². The molecule has 0 spiro atoms. The van der Waals surface area contributed by atoms with Gasteiger partial charge >= 0.3 is 0 Å². The van der Waals surface area contributed by atoms with Gasteiger partial charge < -0.3 is 14.2 Å². The van der Waals surface area contributed by atoms with Gasteiger partial charge in [-0.25, -0.2) is 0 Å². The van der Waals surface area contributed by atoms with Crippen LogP contribution in [0.5, 0.6) is 0 Å². The highest BCUT2D eigenvalue weighted by Crippen LogP contribution is 2.35. The Hall–Kier alpha value is -1.54. The Morgan fingerprint density at radius 1 is 1.30 bits per heavy atom. The molecule has 0 radical (unpaired) electrons. The smallest absolute Gasteiger partial charge is 0.242 e. The molecule has 27 heavy (non-hydrogen) atoms. The van der Waals surface area contributed by atoms with E-state index in [1.54, 1.807) is 29.8 Å². The van der Waals surface area contributed by atoms with Crippen LogP contribution in [0.15, 0.2) is 10.6 Å². The highest BCUT2D eigenvalue weighted by Gasteiger charge is 2.34. The number of hydrogen-bond donors (Lipinski definition) is 1. The van der Waals surface area contributed by atoms with E-state index in [0.29, 0.717) is 23.4 Å². The molecule has 2 rings (SSSR count). The fourth-order valence-electron chi connectivity index (χ4n) is 2.96. The first kappa shape index (κ1) is 21.8. The molecule has 1 aromatic rings. The van der Waals surface area contributed by atoms with Gasteiger partial charge in [-0.15, -0.1) is 11.8 Å². The lowest BCUT2D eigenvalue weighted by atomic mass is 9.89. The van der Waals surface area contributed by atoms with E-state index in [1.165, 1.54) is 6.92 Å². The molecule has 0 bridgehead atoms. The summed E-state index contributed by atoms with van der Waals surface area (Å²) in [7, 11) is 1.75. The van der Waals surface area contributed by atoms with Crippen molar-refractivity contribution in [2.24, 2.45) is 0 Å². The molecule has 1 N–H and O–H groups in total. The van der Waals surface area contributed by atoms with Gasteiger partial charge in [0.2, 0.25) is 17.7 Å². The predicted octanol–water partition coefficient (Wildman–Crippen LogP) is 3.06. The van der Waals surface area contributed by atoms with Crippen molar-refractivity contribution in [3.05, 3.63) is 11.8 Å². The number of rotatable bonds is 7. The molecule has 0 saturated carbocycles. The molecule has 0 unspecified atom stereocenters. The summed E-state index contributed by atoms with van der Waals surface area (Å²) in [6.07, 6.45) is 1.93. The Morgan fingerprint density at radius 2 is 1.93 bits per heavy atom. The van der Waals surface area contributed by atoms with Crippen molar-refractivity contribution in [2.75, 3.05) is 32.1 Å². The predicted molar refractivity (Wildman–Crippen MR) is 107 cm³/mol. The van der Waals surface area contributed by atoms with Crippen LogP contribution in [0.1, 0.15) is 53.2 Å². The molecule has 1 aliphatic heterocycles. The van der Waals surface area contributed by atoms with Crippen molar-refractivity contribution in [1.82, 2.24) is 10.1 Å². The second-order valence-electron chi connectivity index (χ2n) is 8.23. The standard InChI is InChI=1S/C19H31N3O4S/c1-13(23)22(6)12-18(2,3)15-11-16(26-21-15)20-17(24)19(4,5)27-14-7-9-25-10-8-14/h11,14H,7-10,12H2,1-6H3,(H,20,24). The second-order valence-corrected chi connectivity index (χ2v) is 10.2. The summed E-state index contributed by atoms with van der Waals surface area (Å²) in [5, 5.41) is 7.36. The number of aromatic nitrogens is 1. The lowest BCUT2D eigenvalue weighted by molar-refractivity contribution is -0.128. The van der Waals surface area contributed by atoms with Gasteiger partial charge in [0.15, 0.2) is 0 Å². The fourth-order valence-corrected chi connectivity index (χ4v) is 4.38. The van der Waals surface area contributed by atoms with Crippen LogP contribution in [-0.4, -0.2) is 58.7 Å². The number of carbonyl (C=O) groups excluding carboxylic acids is 2. The molecular weight excluding hydrogens is 366 g/mol. The van der Waals surface area contributed by atoms with Gasteiger partial charge in [-0.2, -0.15) is 0 Å². The minimum Gasteiger partial charge on any atom is -0.381 e. The first-order valence-corrected chi connectivity index (χ1v) is 10.1. The van der Waals surface area contributed by atoms with E-state index in [-0.39, 0.29) is 17.2 Å². The van der Waals surface area contributed by atoms with Crippen molar-refractivity contribution >= 4 is 29.5 Å². The third-order valence-electron chi connectivity index (χ3n) is 4.79. The summed E-state index contributed by atoms with van der Waals surface area (Å²) in [5.74, 6) is 0.210. The Kier molecular flexibility index (Phi) is 6.97. The first-order chi connectivity index (χ1) is 12.5. The Labute approximate surface area is 165 Å². The average molecular weight is 398 g/mol. The molecule has 8 heteroatoms. The van der Waals surface area contributed by atoms with Gasteiger partial charge in [0, 0.05) is 50.5 Å². The zero-order valence-corrected chi connectivity index (χ0v) is 17.9. The van der Waals surface area contributed by atoms with Gasteiger partial charge in [0.1, 0.15) is 0 Å². The summed E-state index contributed by atoms with van der Waals surface area (Å²) in [6, 6.07) is 1.74. The van der Waals surface area contributed by atoms with Crippen molar-refractivity contribution < 1.29 is 18.8 Å². The average Bonchev–Trinajstić information content (AvgIpc) is 3.04. The molecule has 1 aromatic heterocycles. The van der Waals surface area contributed by atoms with Crippen LogP contribution in [0.2, 0.25) is 0 Å². The topological polar surface area (TPSA) is 84.7 Å². The largest absolute Gasteiger partial charge is 0.381 e. The summed E-state index contributed by atoms with van der Waals surface area (Å²) < 4.78 is 10.1. The molecule has 1 fully saturated rings. The van der Waals surface area contributed by atoms with Crippen LogP contribution in [0, 0.1) is 0 Å². The normalized spacial score (nSPS) is 16.2. The van der Waals surface area contributed by atoms with Crippen molar-refractivity contribution in [3.8, 4) is 0 Å². The van der Waals surface area contributed by atoms with Gasteiger partial charge in [-0.05, 0) is 26.7 Å². The molecule has 1 saturated heterocycles. The van der Waals surface area contributed by atoms with E-state index in [9.17, 15) is 9.59 Å². The molecular formula is C19H31N3O4S. The van der Waals surface area contributed by atoms with E-state index >= 15 is 0 Å². The maximum Gasteiger partial charge on any atom is 0.242 e. The SMILES string of the molecule is CC(=O)N(C)CC(C)(C)c1cc(NC(=O)C(C)(C)SC2CCOCC2)on1. The third kappa shape index (κ3) is 5.97. The van der Waals surface area contributed by atoms with Gasteiger partial charge in [0.05, 0.1) is 10.4 Å². The molecule has 2 amide bonds. The number of likely N-dealkylation sites (N-methyl/N-ethyl adjacent to an activating group) is 1. The van der Waals surface area contributed by atoms with E-state index < -0.39 is 4.75 Å². The number of nitrogens with one attached hydrogen (secondary N) is 1. The number of thioether (sulfide) groups is 1. The van der Waals surface area contributed by atoms with Gasteiger partial charge in [-0.1, -0.05) is 19.0 Å². The Balaban J connectivity index is 1.99. The molecule has 152 valence electrons. The van der Waals surface area contributed by atoms with E-state index in [2.05, 4.69) is 10.5 Å². The Bertz CT molecular complexity index is 666. The number of anilines is 1. The molecule has 0 aliphatic carbocycles. The first-order valence-electron chi connectivity index (χ1n) is 9.27. The lowest BCUT2D eigenvalue weighted by Crippen LogP contribution is -2.37. The highest BCUT2D eigenvalue weighted by molar-refractivity contribution is 8.02. The molecule has 7 nitrogen and oxygen atoms in total. The summed E-state index contributed by atoms with van der Waals surface area (Å²) >= 11 is 1.68. The van der Waals surface area contributed by atoms with Gasteiger partial charge in [-0.3, -0.25) is 14.9 Å². The zero-order chi connectivity index (χ0) is 20.2. The Morgan fingerprint density at radius 3 is 2.52 bits per heavy atom. The van der Waals surface area contributed by atoms with Crippen molar-refractivity contribution in [1.29, 1.82) is 0 Å². The number of nitrogens with zero attached hydrogens (tertiary/aromatic N) is 2.